The minimum atomic E-state index is -0.887. The summed E-state index contributed by atoms with van der Waals surface area (Å²) in [4.78, 5) is 41.8. The molecule has 0 unspecified atom stereocenters. The average Bonchev–Trinajstić information content (AvgIpc) is 3.37. The first-order valence-electron chi connectivity index (χ1n) is 12.9. The van der Waals surface area contributed by atoms with Crippen LogP contribution in [0.3, 0.4) is 0 Å². The molecular weight excluding hydrogens is 478 g/mol. The van der Waals surface area contributed by atoms with Crippen molar-refractivity contribution in [2.45, 2.75) is 62.3 Å². The van der Waals surface area contributed by atoms with E-state index >= 15 is 0 Å². The van der Waals surface area contributed by atoms with Crippen LogP contribution < -0.4 is 10.1 Å². The maximum atomic E-state index is 13.2. The monoisotopic (exact) mass is 505 g/mol. The van der Waals surface area contributed by atoms with E-state index < -0.39 is 5.54 Å². The summed E-state index contributed by atoms with van der Waals surface area (Å²) in [5.41, 5.74) is 1.85. The van der Waals surface area contributed by atoms with Crippen LogP contribution in [0.15, 0.2) is 42.5 Å². The van der Waals surface area contributed by atoms with E-state index in [9.17, 15) is 14.4 Å². The van der Waals surface area contributed by atoms with E-state index in [1.54, 1.807) is 4.90 Å². The zero-order chi connectivity index (χ0) is 24.6. The predicted molar refractivity (Wildman–Crippen MR) is 133 cm³/mol. The normalized spacial score (nSPS) is 31.6. The number of halogens is 1. The first-order chi connectivity index (χ1) is 17.4. The highest BCUT2D eigenvalue weighted by molar-refractivity contribution is 6.31. The molecule has 6 aliphatic rings. The van der Waals surface area contributed by atoms with Gasteiger partial charge >= 0.3 is 0 Å². The Morgan fingerprint density at radius 1 is 1.00 bits per heavy atom. The lowest BCUT2D eigenvalue weighted by atomic mass is 9.63. The van der Waals surface area contributed by atoms with Crippen LogP contribution in [0.2, 0.25) is 5.02 Å². The number of ether oxygens (including phenoxy) is 1. The highest BCUT2D eigenvalue weighted by atomic mass is 35.5. The molecule has 36 heavy (non-hydrogen) atoms. The van der Waals surface area contributed by atoms with Gasteiger partial charge in [-0.2, -0.15) is 0 Å². The Morgan fingerprint density at radius 3 is 2.58 bits per heavy atom. The molecule has 3 amide bonds. The Hall–Kier alpha value is -2.90. The minimum Gasteiger partial charge on any atom is -0.489 e. The van der Waals surface area contributed by atoms with Crippen molar-refractivity contribution in [3.05, 3.63) is 64.2 Å². The van der Waals surface area contributed by atoms with Crippen molar-refractivity contribution >= 4 is 29.3 Å². The van der Waals surface area contributed by atoms with Crippen molar-refractivity contribution in [1.29, 1.82) is 0 Å². The Bertz CT molecular complexity index is 1280. The zero-order valence-corrected chi connectivity index (χ0v) is 20.7. The van der Waals surface area contributed by atoms with Gasteiger partial charge in [-0.15, -0.1) is 0 Å². The van der Waals surface area contributed by atoms with Gasteiger partial charge in [-0.1, -0.05) is 29.8 Å². The van der Waals surface area contributed by atoms with Crippen LogP contribution in [0.4, 0.5) is 0 Å². The molecule has 186 valence electrons. The van der Waals surface area contributed by atoms with Crippen molar-refractivity contribution in [3.63, 3.8) is 0 Å². The third kappa shape index (κ3) is 3.25. The summed E-state index contributed by atoms with van der Waals surface area (Å²) in [5.74, 6) is 0.380. The number of hydrogen-bond donors (Lipinski definition) is 1. The molecule has 3 saturated heterocycles. The van der Waals surface area contributed by atoms with Gasteiger partial charge < -0.3 is 9.64 Å². The predicted octanol–water partition coefficient (Wildman–Crippen LogP) is 3.50. The number of rotatable bonds is 5. The lowest BCUT2D eigenvalue weighted by Crippen LogP contribution is -2.73. The van der Waals surface area contributed by atoms with Gasteiger partial charge in [-0.25, -0.2) is 0 Å². The summed E-state index contributed by atoms with van der Waals surface area (Å²) in [7, 11) is 0. The molecule has 4 aliphatic heterocycles. The zero-order valence-electron chi connectivity index (χ0n) is 19.9. The Kier molecular flexibility index (Phi) is 4.99. The Labute approximate surface area is 214 Å². The number of likely N-dealkylation sites (tertiary alicyclic amines) is 1. The van der Waals surface area contributed by atoms with Gasteiger partial charge in [0.1, 0.15) is 17.4 Å². The van der Waals surface area contributed by atoms with Crippen molar-refractivity contribution < 1.29 is 19.1 Å². The Balaban J connectivity index is 1.03. The van der Waals surface area contributed by atoms with Gasteiger partial charge in [0.2, 0.25) is 5.91 Å². The molecule has 0 aromatic heterocycles. The summed E-state index contributed by atoms with van der Waals surface area (Å²) in [6.07, 6.45) is 4.24. The largest absolute Gasteiger partial charge is 0.489 e. The Morgan fingerprint density at radius 2 is 1.81 bits per heavy atom. The quantitative estimate of drug-likeness (QED) is 0.629. The number of imide groups is 1. The van der Waals surface area contributed by atoms with E-state index in [2.05, 4.69) is 16.3 Å². The van der Waals surface area contributed by atoms with Crippen molar-refractivity contribution in [2.24, 2.45) is 5.92 Å². The number of piperidine rings is 2. The molecule has 2 saturated carbocycles. The SMILES string of the molecule is O=C1NC(=O)C2(N3Cc4cc(O[C@@H]5CCC[C@@H]5N5CC(c6ccccc6Cl)C5)ccc4C3=O)CC1C2. The molecule has 2 bridgehead atoms. The standard InChI is InChI=1S/C28H28ClN3O4/c29-22-5-2-1-4-20(22)18-13-31(14-18)23-6-3-7-24(23)36-19-8-9-21-16(10-19)15-32(26(21)34)28-11-17(12-28)25(33)30-27(28)35/h1-2,4-5,8-10,17-18,23-24H,3,6-7,11-15H2,(H,30,33,35)/t17?,23-,24+,28?/m0/s1. The molecule has 7 nitrogen and oxygen atoms in total. The molecule has 2 aromatic carbocycles. The number of hydrogen-bond acceptors (Lipinski definition) is 5. The summed E-state index contributed by atoms with van der Waals surface area (Å²) in [5, 5.41) is 3.28. The fourth-order valence-corrected chi connectivity index (χ4v) is 7.23. The van der Waals surface area contributed by atoms with Gasteiger partial charge in [0.25, 0.3) is 11.8 Å². The highest BCUT2D eigenvalue weighted by Crippen LogP contribution is 2.49. The maximum Gasteiger partial charge on any atom is 0.255 e. The van der Waals surface area contributed by atoms with Crippen LogP contribution in [0, 0.1) is 5.92 Å². The molecule has 2 atom stereocenters. The highest BCUT2D eigenvalue weighted by Gasteiger charge is 2.63. The van der Waals surface area contributed by atoms with Crippen LogP contribution in [-0.4, -0.2) is 58.3 Å². The molecule has 8 rings (SSSR count). The number of benzene rings is 2. The van der Waals surface area contributed by atoms with Crippen LogP contribution in [0.25, 0.3) is 0 Å². The number of carbonyl (C=O) groups excluding carboxylic acids is 3. The molecule has 2 aliphatic carbocycles. The fourth-order valence-electron chi connectivity index (χ4n) is 6.94. The third-order valence-electron chi connectivity index (χ3n) is 9.02. The molecule has 2 aromatic rings. The van der Waals surface area contributed by atoms with Gasteiger partial charge in [-0.3, -0.25) is 24.6 Å². The van der Waals surface area contributed by atoms with Gasteiger partial charge in [0.15, 0.2) is 0 Å². The topological polar surface area (TPSA) is 79.0 Å². The number of carbonyl (C=O) groups is 3. The van der Waals surface area contributed by atoms with Gasteiger partial charge in [-0.05, 0) is 67.5 Å². The second-order valence-corrected chi connectivity index (χ2v) is 11.4. The van der Waals surface area contributed by atoms with Gasteiger partial charge in [0.05, 0.1) is 0 Å². The van der Waals surface area contributed by atoms with Crippen LogP contribution >= 0.6 is 11.6 Å². The number of nitrogens with zero attached hydrogens (tertiary/aromatic N) is 2. The lowest BCUT2D eigenvalue weighted by Gasteiger charge is -2.53. The first-order valence-corrected chi connectivity index (χ1v) is 13.3. The summed E-state index contributed by atoms with van der Waals surface area (Å²) in [6, 6.07) is 14.2. The molecule has 4 heterocycles. The fraction of sp³-hybridized carbons (Fsp3) is 0.464. The smallest absolute Gasteiger partial charge is 0.255 e. The lowest BCUT2D eigenvalue weighted by molar-refractivity contribution is -0.160. The van der Waals surface area contributed by atoms with Crippen LogP contribution in [0.1, 0.15) is 59.5 Å². The van der Waals surface area contributed by atoms with Crippen LogP contribution in [0.5, 0.6) is 5.75 Å². The molecule has 8 heteroatoms. The molecule has 0 radical (unpaired) electrons. The van der Waals surface area contributed by atoms with Crippen molar-refractivity contribution in [3.8, 4) is 5.75 Å². The summed E-state index contributed by atoms with van der Waals surface area (Å²) >= 11 is 6.41. The number of fused-ring (bicyclic) bond motifs is 3. The number of nitrogens with one attached hydrogen (secondary N) is 1. The van der Waals surface area contributed by atoms with E-state index in [0.717, 1.165) is 48.7 Å². The van der Waals surface area contributed by atoms with E-state index in [-0.39, 0.29) is 29.7 Å². The molecule has 1 N–H and O–H groups in total. The van der Waals surface area contributed by atoms with Crippen molar-refractivity contribution in [2.75, 3.05) is 13.1 Å². The maximum absolute atomic E-state index is 13.2. The van der Waals surface area contributed by atoms with E-state index in [1.807, 2.05) is 36.4 Å². The summed E-state index contributed by atoms with van der Waals surface area (Å²) < 4.78 is 6.50. The molecular formula is C28H28ClN3O4. The van der Waals surface area contributed by atoms with Crippen molar-refractivity contribution in [1.82, 2.24) is 15.1 Å². The number of amides is 3. The van der Waals surface area contributed by atoms with E-state index in [1.165, 1.54) is 5.56 Å². The molecule has 0 spiro atoms. The summed E-state index contributed by atoms with van der Waals surface area (Å²) in [6.45, 7) is 2.37. The van der Waals surface area contributed by atoms with Crippen LogP contribution in [-0.2, 0) is 16.1 Å². The van der Waals surface area contributed by atoms with E-state index in [0.29, 0.717) is 36.9 Å². The van der Waals surface area contributed by atoms with E-state index in [4.69, 9.17) is 16.3 Å². The minimum absolute atomic E-state index is 0.115. The second kappa shape index (κ2) is 8.05. The first kappa shape index (κ1) is 22.3. The second-order valence-electron chi connectivity index (χ2n) is 11.0. The average molecular weight is 506 g/mol. The van der Waals surface area contributed by atoms with Gasteiger partial charge in [0, 0.05) is 48.1 Å². The molecule has 5 fully saturated rings. The third-order valence-corrected chi connectivity index (χ3v) is 9.37.